The molecule has 0 saturated heterocycles. The lowest BCUT2D eigenvalue weighted by molar-refractivity contribution is -0.120. The molecule has 3 N–H and O–H groups in total. The number of ether oxygens (including phenoxy) is 2. The Kier molecular flexibility index (Phi) is 4.97. The predicted molar refractivity (Wildman–Crippen MR) is 86.9 cm³/mol. The van der Waals surface area contributed by atoms with Crippen LogP contribution in [0.2, 0.25) is 0 Å². The van der Waals surface area contributed by atoms with E-state index in [0.29, 0.717) is 11.5 Å². The Labute approximate surface area is 147 Å². The maximum atomic E-state index is 13.5. The highest BCUT2D eigenvalue weighted by atomic mass is 19.1. The molecule has 9 heteroatoms. The summed E-state index contributed by atoms with van der Waals surface area (Å²) in [7, 11) is 0. The van der Waals surface area contributed by atoms with Gasteiger partial charge >= 0.3 is 0 Å². The molecule has 3 amide bonds. The van der Waals surface area contributed by atoms with Gasteiger partial charge in [-0.3, -0.25) is 25.2 Å². The van der Waals surface area contributed by atoms with Gasteiger partial charge in [0.25, 0.3) is 17.7 Å². The van der Waals surface area contributed by atoms with Crippen molar-refractivity contribution in [2.75, 3.05) is 13.3 Å². The number of amides is 3. The van der Waals surface area contributed by atoms with Gasteiger partial charge in [0, 0.05) is 5.56 Å². The summed E-state index contributed by atoms with van der Waals surface area (Å²) in [5.74, 6) is -1.72. The third kappa shape index (κ3) is 3.89. The fourth-order valence-electron chi connectivity index (χ4n) is 2.18. The minimum absolute atomic E-state index is 0.0822. The molecular weight excluding hydrogens is 345 g/mol. The van der Waals surface area contributed by atoms with Gasteiger partial charge in [-0.05, 0) is 30.3 Å². The average Bonchev–Trinajstić information content (AvgIpc) is 3.12. The molecule has 2 aromatic carbocycles. The first-order chi connectivity index (χ1) is 12.5. The van der Waals surface area contributed by atoms with Crippen LogP contribution >= 0.6 is 0 Å². The van der Waals surface area contributed by atoms with Crippen molar-refractivity contribution in [2.45, 2.75) is 0 Å². The molecule has 0 atom stereocenters. The summed E-state index contributed by atoms with van der Waals surface area (Å²) in [6.07, 6.45) is 0. The van der Waals surface area contributed by atoms with Crippen LogP contribution in [0.15, 0.2) is 42.5 Å². The Morgan fingerprint density at radius 2 is 1.73 bits per heavy atom. The van der Waals surface area contributed by atoms with Crippen LogP contribution in [0.4, 0.5) is 4.39 Å². The molecule has 26 heavy (non-hydrogen) atoms. The highest BCUT2D eigenvalue weighted by molar-refractivity contribution is 5.98. The molecule has 0 fully saturated rings. The monoisotopic (exact) mass is 359 g/mol. The van der Waals surface area contributed by atoms with Crippen molar-refractivity contribution in [3.8, 4) is 11.5 Å². The van der Waals surface area contributed by atoms with E-state index >= 15 is 0 Å². The van der Waals surface area contributed by atoms with Gasteiger partial charge in [-0.15, -0.1) is 0 Å². The molecule has 1 heterocycles. The van der Waals surface area contributed by atoms with Crippen LogP contribution in [0.1, 0.15) is 20.7 Å². The van der Waals surface area contributed by atoms with Gasteiger partial charge in [0.2, 0.25) is 6.79 Å². The fraction of sp³-hybridized carbons (Fsp3) is 0.118. The molecule has 0 spiro atoms. The number of nitrogens with one attached hydrogen (secondary N) is 3. The van der Waals surface area contributed by atoms with Crippen LogP contribution in [0.3, 0.4) is 0 Å². The van der Waals surface area contributed by atoms with E-state index in [0.717, 1.165) is 6.07 Å². The van der Waals surface area contributed by atoms with Crippen molar-refractivity contribution >= 4 is 17.7 Å². The van der Waals surface area contributed by atoms with E-state index in [1.54, 1.807) is 6.07 Å². The van der Waals surface area contributed by atoms with Crippen LogP contribution in [0.25, 0.3) is 0 Å². The molecule has 0 aliphatic carbocycles. The van der Waals surface area contributed by atoms with Crippen LogP contribution in [0, 0.1) is 5.82 Å². The summed E-state index contributed by atoms with van der Waals surface area (Å²) in [6.45, 7) is -0.354. The van der Waals surface area contributed by atoms with Crippen molar-refractivity contribution in [1.29, 1.82) is 0 Å². The van der Waals surface area contributed by atoms with Crippen LogP contribution in [-0.4, -0.2) is 31.1 Å². The number of hydrazine groups is 1. The number of hydrogen-bond donors (Lipinski definition) is 3. The van der Waals surface area contributed by atoms with Crippen molar-refractivity contribution in [3.63, 3.8) is 0 Å². The molecule has 0 bridgehead atoms. The largest absolute Gasteiger partial charge is 0.454 e. The Morgan fingerprint density at radius 3 is 2.54 bits per heavy atom. The topological polar surface area (TPSA) is 106 Å². The summed E-state index contributed by atoms with van der Waals surface area (Å²) in [5.41, 5.74) is 4.43. The molecule has 8 nitrogen and oxygen atoms in total. The Balaban J connectivity index is 1.47. The Morgan fingerprint density at radius 1 is 0.962 bits per heavy atom. The molecule has 2 aromatic rings. The molecule has 0 unspecified atom stereocenters. The lowest BCUT2D eigenvalue weighted by Gasteiger charge is -2.09. The molecule has 1 aliphatic heterocycles. The molecule has 0 radical (unpaired) electrons. The zero-order valence-electron chi connectivity index (χ0n) is 13.4. The first-order valence-electron chi connectivity index (χ1n) is 7.56. The fourth-order valence-corrected chi connectivity index (χ4v) is 2.18. The zero-order chi connectivity index (χ0) is 18.5. The minimum Gasteiger partial charge on any atom is -0.454 e. The van der Waals surface area contributed by atoms with Crippen molar-refractivity contribution < 1.29 is 28.2 Å². The number of halogens is 1. The molecule has 3 rings (SSSR count). The molecule has 1 aliphatic rings. The van der Waals surface area contributed by atoms with Gasteiger partial charge in [-0.1, -0.05) is 12.1 Å². The van der Waals surface area contributed by atoms with Crippen LogP contribution in [-0.2, 0) is 4.79 Å². The predicted octanol–water partition coefficient (Wildman–Crippen LogP) is 0.745. The van der Waals surface area contributed by atoms with E-state index in [-0.39, 0.29) is 17.9 Å². The van der Waals surface area contributed by atoms with Gasteiger partial charge in [-0.25, -0.2) is 4.39 Å². The van der Waals surface area contributed by atoms with Gasteiger partial charge in [0.1, 0.15) is 5.82 Å². The van der Waals surface area contributed by atoms with Gasteiger partial charge < -0.3 is 14.8 Å². The first-order valence-corrected chi connectivity index (χ1v) is 7.56. The molecule has 0 saturated carbocycles. The van der Waals surface area contributed by atoms with Crippen molar-refractivity contribution in [2.24, 2.45) is 0 Å². The van der Waals surface area contributed by atoms with Crippen molar-refractivity contribution in [1.82, 2.24) is 16.2 Å². The quantitative estimate of drug-likeness (QED) is 0.699. The van der Waals surface area contributed by atoms with E-state index in [9.17, 15) is 18.8 Å². The number of benzene rings is 2. The lowest BCUT2D eigenvalue weighted by Crippen LogP contribution is -2.46. The second-order valence-corrected chi connectivity index (χ2v) is 5.23. The zero-order valence-corrected chi connectivity index (χ0v) is 13.4. The minimum atomic E-state index is -0.736. The van der Waals surface area contributed by atoms with Gasteiger partial charge in [0.15, 0.2) is 11.5 Å². The normalized spacial score (nSPS) is 11.6. The number of carbonyl (C=O) groups excluding carboxylic acids is 3. The Bertz CT molecular complexity index is 871. The summed E-state index contributed by atoms with van der Waals surface area (Å²) in [5, 5.41) is 2.26. The molecule has 0 aromatic heterocycles. The third-order valence-corrected chi connectivity index (χ3v) is 3.48. The number of hydrogen-bond acceptors (Lipinski definition) is 5. The first kappa shape index (κ1) is 17.2. The maximum Gasteiger partial charge on any atom is 0.269 e. The summed E-state index contributed by atoms with van der Waals surface area (Å²) >= 11 is 0. The van der Waals surface area contributed by atoms with Crippen molar-refractivity contribution in [3.05, 3.63) is 59.4 Å². The third-order valence-electron chi connectivity index (χ3n) is 3.48. The number of fused-ring (bicyclic) bond motifs is 1. The van der Waals surface area contributed by atoms with E-state index < -0.39 is 30.1 Å². The van der Waals surface area contributed by atoms with Gasteiger partial charge in [-0.2, -0.15) is 0 Å². The molecular formula is C17H14FN3O5. The summed E-state index contributed by atoms with van der Waals surface area (Å²) < 4.78 is 23.8. The highest BCUT2D eigenvalue weighted by Crippen LogP contribution is 2.32. The van der Waals surface area contributed by atoms with E-state index in [4.69, 9.17) is 9.47 Å². The smallest absolute Gasteiger partial charge is 0.269 e. The van der Waals surface area contributed by atoms with Crippen LogP contribution in [0.5, 0.6) is 11.5 Å². The summed E-state index contributed by atoms with van der Waals surface area (Å²) in [4.78, 5) is 35.5. The standard InChI is InChI=1S/C17H14FN3O5/c18-12-4-2-1-3-11(12)17(24)19-8-15(22)20-21-16(23)10-5-6-13-14(7-10)26-9-25-13/h1-7H,8-9H2,(H,19,24)(H,20,22)(H,21,23). The summed E-state index contributed by atoms with van der Waals surface area (Å²) in [6, 6.07) is 9.95. The SMILES string of the molecule is O=C(CNC(=O)c1ccccc1F)NNC(=O)c1ccc2c(c1)OCO2. The average molecular weight is 359 g/mol. The van der Waals surface area contributed by atoms with E-state index in [1.165, 1.54) is 30.3 Å². The van der Waals surface area contributed by atoms with E-state index in [2.05, 4.69) is 16.2 Å². The Hall–Kier alpha value is -3.62. The highest BCUT2D eigenvalue weighted by Gasteiger charge is 2.17. The lowest BCUT2D eigenvalue weighted by atomic mass is 10.2. The van der Waals surface area contributed by atoms with Crippen LogP contribution < -0.4 is 25.6 Å². The number of carbonyl (C=O) groups is 3. The van der Waals surface area contributed by atoms with Gasteiger partial charge in [0.05, 0.1) is 12.1 Å². The van der Waals surface area contributed by atoms with E-state index in [1.807, 2.05) is 0 Å². The maximum absolute atomic E-state index is 13.5. The second-order valence-electron chi connectivity index (χ2n) is 5.23. The molecule has 134 valence electrons. The second kappa shape index (κ2) is 7.51. The number of rotatable bonds is 4.